The zero-order chi connectivity index (χ0) is 16.2. The lowest BCUT2D eigenvalue weighted by atomic mass is 10.1. The number of carbonyl (C=O) groups excluding carboxylic acids is 1. The molecule has 1 rings (SSSR count). The highest BCUT2D eigenvalue weighted by Gasteiger charge is 2.19. The van der Waals surface area contributed by atoms with Gasteiger partial charge in [-0.2, -0.15) is 0 Å². The standard InChI is InChI=1S/C13H15BrN2O5/c1-8(13(18)19)7-15(2)12(17)5-9-3-4-10(16(20)21)6-11(9)14/h3-4,6,8H,5,7H2,1-2H3,(H,18,19). The van der Waals surface area contributed by atoms with Crippen LogP contribution in [0.2, 0.25) is 0 Å². The van der Waals surface area contributed by atoms with Crippen molar-refractivity contribution in [1.29, 1.82) is 0 Å². The summed E-state index contributed by atoms with van der Waals surface area (Å²) in [7, 11) is 1.53. The molecule has 0 aliphatic heterocycles. The third-order valence-corrected chi connectivity index (χ3v) is 3.72. The quantitative estimate of drug-likeness (QED) is 0.619. The van der Waals surface area contributed by atoms with Crippen molar-refractivity contribution in [3.63, 3.8) is 0 Å². The van der Waals surface area contributed by atoms with Crippen LogP contribution in [0.15, 0.2) is 22.7 Å². The minimum Gasteiger partial charge on any atom is -0.481 e. The maximum absolute atomic E-state index is 12.0. The molecule has 0 spiro atoms. The van der Waals surface area contributed by atoms with Gasteiger partial charge in [0.25, 0.3) is 5.69 Å². The lowest BCUT2D eigenvalue weighted by molar-refractivity contribution is -0.384. The summed E-state index contributed by atoms with van der Waals surface area (Å²) in [5.41, 5.74) is 0.548. The number of nitro groups is 1. The second-order valence-electron chi connectivity index (χ2n) is 4.72. The summed E-state index contributed by atoms with van der Waals surface area (Å²) in [4.78, 5) is 34.2. The SMILES string of the molecule is CC(CN(C)C(=O)Cc1ccc([N+](=O)[O-])cc1Br)C(=O)O. The summed E-state index contributed by atoms with van der Waals surface area (Å²) in [6, 6.07) is 4.17. The number of halogens is 1. The van der Waals surface area contributed by atoms with Crippen LogP contribution in [0.1, 0.15) is 12.5 Å². The van der Waals surface area contributed by atoms with Crippen molar-refractivity contribution in [3.05, 3.63) is 38.3 Å². The normalized spacial score (nSPS) is 11.8. The third-order valence-electron chi connectivity index (χ3n) is 2.98. The molecule has 0 aliphatic rings. The molecular weight excluding hydrogens is 344 g/mol. The molecular formula is C13H15BrN2O5. The van der Waals surface area contributed by atoms with Gasteiger partial charge < -0.3 is 10.0 Å². The van der Waals surface area contributed by atoms with Crippen molar-refractivity contribution in [2.45, 2.75) is 13.3 Å². The fourth-order valence-corrected chi connectivity index (χ4v) is 2.19. The van der Waals surface area contributed by atoms with Crippen LogP contribution in [0, 0.1) is 16.0 Å². The van der Waals surface area contributed by atoms with E-state index in [1.807, 2.05) is 0 Å². The number of aliphatic carboxylic acids is 1. The molecule has 1 aromatic rings. The summed E-state index contributed by atoms with van der Waals surface area (Å²) in [6.07, 6.45) is 0.0431. The molecule has 7 nitrogen and oxygen atoms in total. The van der Waals surface area contributed by atoms with E-state index in [4.69, 9.17) is 5.11 Å². The first-order chi connectivity index (χ1) is 9.72. The topological polar surface area (TPSA) is 101 Å². The Kier molecular flexibility index (Phi) is 5.83. The van der Waals surface area contributed by atoms with Crippen LogP contribution < -0.4 is 0 Å². The molecule has 114 valence electrons. The molecule has 1 unspecified atom stereocenters. The summed E-state index contributed by atoms with van der Waals surface area (Å²) >= 11 is 3.20. The molecule has 0 saturated heterocycles. The molecule has 0 aromatic heterocycles. The smallest absolute Gasteiger partial charge is 0.308 e. The van der Waals surface area contributed by atoms with Gasteiger partial charge in [-0.15, -0.1) is 0 Å². The van der Waals surface area contributed by atoms with Crippen molar-refractivity contribution in [2.24, 2.45) is 5.92 Å². The highest BCUT2D eigenvalue weighted by molar-refractivity contribution is 9.10. The maximum atomic E-state index is 12.0. The predicted octanol–water partition coefficient (Wildman–Crippen LogP) is 2.08. The fraction of sp³-hybridized carbons (Fsp3) is 0.385. The van der Waals surface area contributed by atoms with E-state index in [2.05, 4.69) is 15.9 Å². The van der Waals surface area contributed by atoms with E-state index in [0.29, 0.717) is 10.0 Å². The Bertz CT molecular complexity index is 576. The van der Waals surface area contributed by atoms with Gasteiger partial charge >= 0.3 is 5.97 Å². The number of amides is 1. The minimum atomic E-state index is -0.967. The number of hydrogen-bond donors (Lipinski definition) is 1. The van der Waals surface area contributed by atoms with Crippen LogP contribution in [0.3, 0.4) is 0 Å². The van der Waals surface area contributed by atoms with Gasteiger partial charge in [0.15, 0.2) is 0 Å². The van der Waals surface area contributed by atoms with Crippen molar-refractivity contribution in [3.8, 4) is 0 Å². The second kappa shape index (κ2) is 7.16. The van der Waals surface area contributed by atoms with Gasteiger partial charge in [-0.05, 0) is 5.56 Å². The van der Waals surface area contributed by atoms with Crippen molar-refractivity contribution in [1.82, 2.24) is 4.90 Å². The van der Waals surface area contributed by atoms with E-state index in [1.165, 1.54) is 37.1 Å². The minimum absolute atomic E-state index is 0.0431. The summed E-state index contributed by atoms with van der Waals surface area (Å²) < 4.78 is 0.477. The molecule has 0 bridgehead atoms. The number of carbonyl (C=O) groups is 2. The number of nitrogens with zero attached hydrogens (tertiary/aromatic N) is 2. The predicted molar refractivity (Wildman–Crippen MR) is 78.9 cm³/mol. The monoisotopic (exact) mass is 358 g/mol. The summed E-state index contributed by atoms with van der Waals surface area (Å²) in [5, 5.41) is 19.5. The molecule has 0 radical (unpaired) electrons. The van der Waals surface area contributed by atoms with Crippen LogP contribution in [0.25, 0.3) is 0 Å². The van der Waals surface area contributed by atoms with E-state index in [-0.39, 0.29) is 24.6 Å². The first-order valence-electron chi connectivity index (χ1n) is 6.12. The molecule has 1 aromatic carbocycles. The fourth-order valence-electron chi connectivity index (χ4n) is 1.68. The Labute approximate surface area is 129 Å². The average molecular weight is 359 g/mol. The Morgan fingerprint density at radius 1 is 1.48 bits per heavy atom. The van der Waals surface area contributed by atoms with Gasteiger partial charge in [-0.1, -0.05) is 28.9 Å². The zero-order valence-electron chi connectivity index (χ0n) is 11.6. The van der Waals surface area contributed by atoms with Crippen LogP contribution >= 0.6 is 15.9 Å². The molecule has 8 heteroatoms. The first kappa shape index (κ1) is 17.1. The first-order valence-corrected chi connectivity index (χ1v) is 6.91. The number of benzene rings is 1. The molecule has 0 aliphatic carbocycles. The molecule has 21 heavy (non-hydrogen) atoms. The van der Waals surface area contributed by atoms with Crippen molar-refractivity contribution >= 4 is 33.5 Å². The number of nitro benzene ring substituents is 1. The lowest BCUT2D eigenvalue weighted by Crippen LogP contribution is -2.34. The van der Waals surface area contributed by atoms with E-state index >= 15 is 0 Å². The molecule has 0 saturated carbocycles. The largest absolute Gasteiger partial charge is 0.481 e. The Hall–Kier alpha value is -1.96. The number of hydrogen-bond acceptors (Lipinski definition) is 4. The molecule has 1 amide bonds. The van der Waals surface area contributed by atoms with Crippen molar-refractivity contribution in [2.75, 3.05) is 13.6 Å². The van der Waals surface area contributed by atoms with Gasteiger partial charge in [-0.3, -0.25) is 19.7 Å². The van der Waals surface area contributed by atoms with E-state index in [1.54, 1.807) is 0 Å². The highest BCUT2D eigenvalue weighted by atomic mass is 79.9. The van der Waals surface area contributed by atoms with E-state index in [9.17, 15) is 19.7 Å². The van der Waals surface area contributed by atoms with Gasteiger partial charge in [0.05, 0.1) is 17.3 Å². The van der Waals surface area contributed by atoms with Crippen LogP contribution in [-0.4, -0.2) is 40.4 Å². The molecule has 1 atom stereocenters. The maximum Gasteiger partial charge on any atom is 0.308 e. The van der Waals surface area contributed by atoms with Crippen LogP contribution in [0.4, 0.5) is 5.69 Å². The van der Waals surface area contributed by atoms with E-state index in [0.717, 1.165) is 0 Å². The lowest BCUT2D eigenvalue weighted by Gasteiger charge is -2.19. The van der Waals surface area contributed by atoms with Gasteiger partial charge in [-0.25, -0.2) is 0 Å². The number of carboxylic acid groups (broad SMARTS) is 1. The number of carboxylic acids is 1. The van der Waals surface area contributed by atoms with Crippen molar-refractivity contribution < 1.29 is 19.6 Å². The van der Waals surface area contributed by atoms with E-state index < -0.39 is 16.8 Å². The van der Waals surface area contributed by atoms with Gasteiger partial charge in [0, 0.05) is 30.2 Å². The highest BCUT2D eigenvalue weighted by Crippen LogP contribution is 2.23. The Morgan fingerprint density at radius 2 is 2.10 bits per heavy atom. The number of likely N-dealkylation sites (N-methyl/N-ethyl adjacent to an activating group) is 1. The van der Waals surface area contributed by atoms with Crippen LogP contribution in [-0.2, 0) is 16.0 Å². The average Bonchev–Trinajstić information content (AvgIpc) is 2.40. The zero-order valence-corrected chi connectivity index (χ0v) is 13.2. The molecule has 1 N–H and O–H groups in total. The van der Waals surface area contributed by atoms with Gasteiger partial charge in [0.2, 0.25) is 5.91 Å². The Balaban J connectivity index is 2.74. The molecule has 0 fully saturated rings. The molecule has 0 heterocycles. The summed E-state index contributed by atoms with van der Waals surface area (Å²) in [6.45, 7) is 1.63. The third kappa shape index (κ3) is 4.82. The second-order valence-corrected chi connectivity index (χ2v) is 5.58. The van der Waals surface area contributed by atoms with Gasteiger partial charge in [0.1, 0.15) is 0 Å². The summed E-state index contributed by atoms with van der Waals surface area (Å²) in [5.74, 6) is -1.87. The van der Waals surface area contributed by atoms with Crippen LogP contribution in [0.5, 0.6) is 0 Å². The number of rotatable bonds is 6. The Morgan fingerprint density at radius 3 is 2.57 bits per heavy atom. The number of non-ortho nitro benzene ring substituents is 1.